The van der Waals surface area contributed by atoms with Crippen LogP contribution in [0.25, 0.3) is 22.3 Å². The summed E-state index contributed by atoms with van der Waals surface area (Å²) >= 11 is 0. The van der Waals surface area contributed by atoms with Gasteiger partial charge in [-0.2, -0.15) is 0 Å². The topological polar surface area (TPSA) is 12.9 Å². The summed E-state index contributed by atoms with van der Waals surface area (Å²) in [5, 5.41) is 0. The molecule has 2 aromatic carbocycles. The second kappa shape index (κ2) is 6.00. The summed E-state index contributed by atoms with van der Waals surface area (Å²) in [5.74, 6) is 0. The number of aryl methyl sites for hydroxylation is 1. The smallest absolute Gasteiger partial charge is 0.0457 e. The first-order valence-electron chi connectivity index (χ1n) is 8.07. The van der Waals surface area contributed by atoms with E-state index in [4.69, 9.17) is 0 Å². The number of nitrogens with zero attached hydrogens (tertiary/aromatic N) is 1. The summed E-state index contributed by atoms with van der Waals surface area (Å²) in [4.78, 5) is 4.62. The molecule has 0 aliphatic carbocycles. The van der Waals surface area contributed by atoms with Gasteiger partial charge < -0.3 is 0 Å². The van der Waals surface area contributed by atoms with Gasteiger partial charge in [0.05, 0.1) is 0 Å². The zero-order valence-corrected chi connectivity index (χ0v) is 14.3. The lowest BCUT2D eigenvalue weighted by Gasteiger charge is -2.17. The fourth-order valence-corrected chi connectivity index (χ4v) is 2.61. The van der Waals surface area contributed by atoms with E-state index in [1.54, 1.807) is 0 Å². The van der Waals surface area contributed by atoms with Gasteiger partial charge in [-0.25, -0.2) is 0 Å². The Bertz CT molecular complexity index is 773. The van der Waals surface area contributed by atoms with Gasteiger partial charge in [-0.3, -0.25) is 4.98 Å². The molecule has 0 radical (unpaired) electrons. The second-order valence-corrected chi connectivity index (χ2v) is 7.13. The van der Waals surface area contributed by atoms with E-state index < -0.39 is 0 Å². The maximum absolute atomic E-state index is 4.62. The van der Waals surface area contributed by atoms with Crippen LogP contribution in [-0.2, 0) is 5.41 Å². The Kier molecular flexibility index (Phi) is 4.04. The van der Waals surface area contributed by atoms with Crippen molar-refractivity contribution in [1.29, 1.82) is 0 Å². The molecule has 3 aromatic rings. The monoisotopic (exact) mass is 301 g/mol. The van der Waals surface area contributed by atoms with E-state index in [0.717, 1.165) is 11.3 Å². The van der Waals surface area contributed by atoms with Crippen LogP contribution in [-0.4, -0.2) is 4.98 Å². The predicted molar refractivity (Wildman–Crippen MR) is 98.5 cm³/mol. The molecule has 1 heterocycles. The van der Waals surface area contributed by atoms with Crippen LogP contribution in [0.2, 0.25) is 0 Å². The molecule has 0 saturated carbocycles. The Morgan fingerprint density at radius 3 is 1.48 bits per heavy atom. The van der Waals surface area contributed by atoms with Gasteiger partial charge in [0.25, 0.3) is 0 Å². The van der Waals surface area contributed by atoms with Gasteiger partial charge in [0.1, 0.15) is 0 Å². The number of aromatic nitrogens is 1. The summed E-state index contributed by atoms with van der Waals surface area (Å²) < 4.78 is 0. The molecule has 0 aliphatic heterocycles. The van der Waals surface area contributed by atoms with Crippen LogP contribution < -0.4 is 0 Å². The highest BCUT2D eigenvalue weighted by Crippen LogP contribution is 2.26. The van der Waals surface area contributed by atoms with E-state index in [2.05, 4.69) is 93.3 Å². The number of rotatable bonds is 2. The molecule has 1 nitrogen and oxygen atoms in total. The van der Waals surface area contributed by atoms with Crippen LogP contribution in [0.4, 0.5) is 0 Å². The highest BCUT2D eigenvalue weighted by Gasteiger charge is 2.14. The number of pyridine rings is 1. The molecular weight excluding hydrogens is 278 g/mol. The minimum Gasteiger partial charge on any atom is -0.260 e. The molecule has 1 heteroatoms. The third-order valence-electron chi connectivity index (χ3n) is 4.14. The van der Waals surface area contributed by atoms with Crippen LogP contribution in [0.1, 0.15) is 32.0 Å². The Hall–Kier alpha value is -2.41. The van der Waals surface area contributed by atoms with Gasteiger partial charge in [0.2, 0.25) is 0 Å². The lowest BCUT2D eigenvalue weighted by molar-refractivity contribution is 0.569. The van der Waals surface area contributed by atoms with Crippen molar-refractivity contribution < 1.29 is 0 Å². The molecule has 0 N–H and O–H groups in total. The predicted octanol–water partition coefficient (Wildman–Crippen LogP) is 6.02. The first kappa shape index (κ1) is 15.5. The number of hydrogen-bond donors (Lipinski definition) is 0. The quantitative estimate of drug-likeness (QED) is 0.564. The molecule has 0 atom stereocenters. The van der Waals surface area contributed by atoms with Crippen LogP contribution in [0, 0.1) is 6.92 Å². The largest absolute Gasteiger partial charge is 0.260 e. The molecular formula is C22H23N. The molecule has 1 aromatic heterocycles. The van der Waals surface area contributed by atoms with E-state index in [1.807, 2.05) is 6.20 Å². The summed E-state index contributed by atoms with van der Waals surface area (Å²) in [7, 11) is 0. The second-order valence-electron chi connectivity index (χ2n) is 7.13. The Labute approximate surface area is 139 Å². The Balaban J connectivity index is 1.86. The van der Waals surface area contributed by atoms with Gasteiger partial charge in [-0.05, 0) is 29.7 Å². The number of hydrogen-bond acceptors (Lipinski definition) is 1. The highest BCUT2D eigenvalue weighted by atomic mass is 14.7. The van der Waals surface area contributed by atoms with E-state index in [1.165, 1.54) is 22.3 Å². The van der Waals surface area contributed by atoms with Gasteiger partial charge in [0.15, 0.2) is 0 Å². The van der Waals surface area contributed by atoms with Crippen LogP contribution in [0.5, 0.6) is 0 Å². The maximum atomic E-state index is 4.62. The summed E-state index contributed by atoms with van der Waals surface area (Å²) in [5.41, 5.74) is 7.36. The summed E-state index contributed by atoms with van der Waals surface area (Å²) in [6.07, 6.45) is 1.97. The third kappa shape index (κ3) is 3.50. The molecule has 0 spiro atoms. The minimum atomic E-state index is 0.0911. The first-order valence-corrected chi connectivity index (χ1v) is 8.07. The van der Waals surface area contributed by atoms with Crippen molar-refractivity contribution in [3.05, 3.63) is 78.1 Å². The molecule has 0 saturated heterocycles. The van der Waals surface area contributed by atoms with E-state index >= 15 is 0 Å². The van der Waals surface area contributed by atoms with E-state index in [0.29, 0.717) is 0 Å². The highest BCUT2D eigenvalue weighted by molar-refractivity contribution is 5.70. The summed E-state index contributed by atoms with van der Waals surface area (Å²) in [6.45, 7) is 8.67. The molecule has 0 amide bonds. The molecule has 0 bridgehead atoms. The minimum absolute atomic E-state index is 0.0911. The van der Waals surface area contributed by atoms with Crippen LogP contribution >= 0.6 is 0 Å². The van der Waals surface area contributed by atoms with Gasteiger partial charge in [-0.15, -0.1) is 0 Å². The average molecular weight is 301 g/mol. The van der Waals surface area contributed by atoms with Gasteiger partial charge in [-0.1, -0.05) is 80.9 Å². The summed E-state index contributed by atoms with van der Waals surface area (Å²) in [6, 6.07) is 21.6. The average Bonchev–Trinajstić information content (AvgIpc) is 2.55. The van der Waals surface area contributed by atoms with Crippen molar-refractivity contribution in [2.24, 2.45) is 0 Å². The van der Waals surface area contributed by atoms with E-state index in [9.17, 15) is 0 Å². The Morgan fingerprint density at radius 2 is 1.04 bits per heavy atom. The fraction of sp³-hybridized carbons (Fsp3) is 0.227. The Morgan fingerprint density at radius 1 is 0.609 bits per heavy atom. The SMILES string of the molecule is Cc1ccc(-c2ccc(-c3ccc(C(C)(C)C)nc3)cc2)cc1. The van der Waals surface area contributed by atoms with Gasteiger partial charge in [0, 0.05) is 22.9 Å². The van der Waals surface area contributed by atoms with Crippen LogP contribution in [0.3, 0.4) is 0 Å². The van der Waals surface area contributed by atoms with Gasteiger partial charge >= 0.3 is 0 Å². The lowest BCUT2D eigenvalue weighted by atomic mass is 9.91. The number of benzene rings is 2. The van der Waals surface area contributed by atoms with Crippen molar-refractivity contribution >= 4 is 0 Å². The third-order valence-corrected chi connectivity index (χ3v) is 4.14. The normalized spacial score (nSPS) is 11.5. The lowest BCUT2D eigenvalue weighted by Crippen LogP contribution is -2.12. The van der Waals surface area contributed by atoms with Crippen molar-refractivity contribution in [3.8, 4) is 22.3 Å². The maximum Gasteiger partial charge on any atom is 0.0457 e. The molecule has 0 unspecified atom stereocenters. The zero-order chi connectivity index (χ0) is 16.4. The molecule has 3 rings (SSSR count). The fourth-order valence-electron chi connectivity index (χ4n) is 2.61. The van der Waals surface area contributed by atoms with Crippen LogP contribution in [0.15, 0.2) is 66.9 Å². The standard InChI is InChI=1S/C22H23N/c1-16-5-7-17(8-6-16)18-9-11-19(12-10-18)20-13-14-21(23-15-20)22(2,3)4/h5-15H,1-4H3. The van der Waals surface area contributed by atoms with Crippen molar-refractivity contribution in [1.82, 2.24) is 4.98 Å². The van der Waals surface area contributed by atoms with Crippen molar-refractivity contribution in [2.75, 3.05) is 0 Å². The molecule has 116 valence electrons. The van der Waals surface area contributed by atoms with Crippen molar-refractivity contribution in [3.63, 3.8) is 0 Å². The molecule has 0 fully saturated rings. The molecule has 23 heavy (non-hydrogen) atoms. The zero-order valence-electron chi connectivity index (χ0n) is 14.3. The first-order chi connectivity index (χ1) is 10.9. The molecule has 0 aliphatic rings. The van der Waals surface area contributed by atoms with Crippen molar-refractivity contribution in [2.45, 2.75) is 33.1 Å². The van der Waals surface area contributed by atoms with E-state index in [-0.39, 0.29) is 5.41 Å².